The summed E-state index contributed by atoms with van der Waals surface area (Å²) in [6.45, 7) is 5.03. The highest BCUT2D eigenvalue weighted by atomic mass is 32.2. The van der Waals surface area contributed by atoms with Gasteiger partial charge in [0, 0.05) is 13.6 Å². The highest BCUT2D eigenvalue weighted by Gasteiger charge is 2.19. The fourth-order valence-corrected chi connectivity index (χ4v) is 3.07. The van der Waals surface area contributed by atoms with Crippen molar-refractivity contribution in [3.63, 3.8) is 0 Å². The van der Waals surface area contributed by atoms with E-state index in [9.17, 15) is 8.42 Å². The van der Waals surface area contributed by atoms with Gasteiger partial charge in [-0.15, -0.1) is 6.58 Å². The molecule has 1 aromatic rings. The summed E-state index contributed by atoms with van der Waals surface area (Å²) in [7, 11) is 0.145. The third-order valence-corrected chi connectivity index (χ3v) is 5.05. The summed E-state index contributed by atoms with van der Waals surface area (Å²) in [4.78, 5) is 0.354. The van der Waals surface area contributed by atoms with E-state index in [0.717, 1.165) is 31.4 Å². The molecular formula is C15H24N2O2S. The third-order valence-electron chi connectivity index (χ3n) is 3.18. The molecule has 4 nitrogen and oxygen atoms in total. The molecule has 0 fully saturated rings. The van der Waals surface area contributed by atoms with Crippen LogP contribution in [0.15, 0.2) is 41.8 Å². The van der Waals surface area contributed by atoms with Gasteiger partial charge in [0.15, 0.2) is 0 Å². The molecule has 1 aromatic carbocycles. The molecule has 20 heavy (non-hydrogen) atoms. The van der Waals surface area contributed by atoms with Crippen LogP contribution >= 0.6 is 0 Å². The van der Waals surface area contributed by atoms with Crippen molar-refractivity contribution in [3.05, 3.63) is 42.5 Å². The molecule has 0 saturated carbocycles. The van der Waals surface area contributed by atoms with Crippen molar-refractivity contribution in [2.75, 3.05) is 27.2 Å². The Balaban J connectivity index is 2.73. The Morgan fingerprint density at radius 2 is 1.95 bits per heavy atom. The van der Waals surface area contributed by atoms with Gasteiger partial charge in [0.2, 0.25) is 10.0 Å². The van der Waals surface area contributed by atoms with Crippen molar-refractivity contribution in [3.8, 4) is 0 Å². The summed E-state index contributed by atoms with van der Waals surface area (Å²) >= 11 is 0. The number of sulfonamides is 1. The van der Waals surface area contributed by atoms with Gasteiger partial charge in [-0.3, -0.25) is 0 Å². The Bertz CT molecular complexity index is 509. The van der Waals surface area contributed by atoms with Crippen LogP contribution in [0.3, 0.4) is 0 Å². The van der Waals surface area contributed by atoms with E-state index in [1.54, 1.807) is 25.3 Å². The molecule has 0 aromatic heterocycles. The van der Waals surface area contributed by atoms with Crippen LogP contribution in [0.2, 0.25) is 0 Å². The zero-order valence-corrected chi connectivity index (χ0v) is 13.1. The molecule has 5 heteroatoms. The van der Waals surface area contributed by atoms with Crippen LogP contribution in [-0.2, 0) is 16.4 Å². The predicted octanol–water partition coefficient (Wildman–Crippen LogP) is 2.04. The van der Waals surface area contributed by atoms with Gasteiger partial charge < -0.3 is 5.32 Å². The van der Waals surface area contributed by atoms with E-state index in [1.165, 1.54) is 4.31 Å². The summed E-state index contributed by atoms with van der Waals surface area (Å²) in [5.41, 5.74) is 1.13. The molecule has 0 spiro atoms. The number of rotatable bonds is 9. The molecule has 0 atom stereocenters. The smallest absolute Gasteiger partial charge is 0.242 e. The second-order valence-corrected chi connectivity index (χ2v) is 6.80. The van der Waals surface area contributed by atoms with Crippen LogP contribution in [-0.4, -0.2) is 39.9 Å². The summed E-state index contributed by atoms with van der Waals surface area (Å²) < 4.78 is 26.1. The second kappa shape index (κ2) is 8.19. The molecule has 0 unspecified atom stereocenters. The molecule has 0 aliphatic heterocycles. The first kappa shape index (κ1) is 16.9. The minimum absolute atomic E-state index is 0.354. The minimum Gasteiger partial charge on any atom is -0.319 e. The number of hydrogen-bond donors (Lipinski definition) is 1. The first-order chi connectivity index (χ1) is 9.52. The van der Waals surface area contributed by atoms with Crippen molar-refractivity contribution < 1.29 is 8.42 Å². The highest BCUT2D eigenvalue weighted by Crippen LogP contribution is 2.16. The van der Waals surface area contributed by atoms with Gasteiger partial charge in [-0.25, -0.2) is 12.7 Å². The summed E-state index contributed by atoms with van der Waals surface area (Å²) in [5, 5.41) is 3.07. The fraction of sp³-hybridized carbons (Fsp3) is 0.467. The Kier molecular flexibility index (Phi) is 6.91. The van der Waals surface area contributed by atoms with Gasteiger partial charge in [0.25, 0.3) is 0 Å². The number of nitrogens with zero attached hydrogens (tertiary/aromatic N) is 1. The van der Waals surface area contributed by atoms with E-state index in [-0.39, 0.29) is 0 Å². The molecule has 0 aliphatic carbocycles. The molecular weight excluding hydrogens is 272 g/mol. The van der Waals surface area contributed by atoms with Gasteiger partial charge in [0.05, 0.1) is 4.90 Å². The summed E-state index contributed by atoms with van der Waals surface area (Å²) in [5.74, 6) is 0. The molecule has 0 radical (unpaired) electrons. The first-order valence-electron chi connectivity index (χ1n) is 6.83. The number of benzene rings is 1. The van der Waals surface area contributed by atoms with E-state index in [2.05, 4.69) is 11.9 Å². The monoisotopic (exact) mass is 296 g/mol. The topological polar surface area (TPSA) is 49.4 Å². The van der Waals surface area contributed by atoms with Crippen molar-refractivity contribution >= 4 is 10.0 Å². The molecule has 0 bridgehead atoms. The molecule has 0 aliphatic rings. The molecule has 0 saturated heterocycles. The van der Waals surface area contributed by atoms with E-state index in [4.69, 9.17) is 0 Å². The molecule has 0 heterocycles. The van der Waals surface area contributed by atoms with Gasteiger partial charge in [0.1, 0.15) is 0 Å². The van der Waals surface area contributed by atoms with Gasteiger partial charge in [-0.1, -0.05) is 18.2 Å². The minimum atomic E-state index is -3.37. The average Bonchev–Trinajstić information content (AvgIpc) is 2.45. The molecule has 0 amide bonds. The molecule has 1 rings (SSSR count). The van der Waals surface area contributed by atoms with Crippen LogP contribution in [0.5, 0.6) is 0 Å². The van der Waals surface area contributed by atoms with Crippen molar-refractivity contribution in [1.82, 2.24) is 9.62 Å². The number of likely N-dealkylation sites (N-methyl/N-ethyl adjacent to an activating group) is 1. The third kappa shape index (κ3) is 4.74. The van der Waals surface area contributed by atoms with Crippen LogP contribution in [0.1, 0.15) is 18.4 Å². The van der Waals surface area contributed by atoms with Gasteiger partial charge >= 0.3 is 0 Å². The Morgan fingerprint density at radius 1 is 1.30 bits per heavy atom. The normalized spacial score (nSPS) is 11.8. The first-order valence-corrected chi connectivity index (χ1v) is 8.27. The predicted molar refractivity (Wildman–Crippen MR) is 83.3 cm³/mol. The zero-order chi connectivity index (χ0) is 15.0. The van der Waals surface area contributed by atoms with E-state index in [0.29, 0.717) is 11.4 Å². The standard InChI is InChI=1S/C15H24N2O2S/c1-4-5-6-13-17(3)20(18,19)15-9-7-14(8-10-15)11-12-16-2/h4,7-10,16H,1,5-6,11-13H2,2-3H3. The van der Waals surface area contributed by atoms with Crippen molar-refractivity contribution in [2.45, 2.75) is 24.2 Å². The summed E-state index contributed by atoms with van der Waals surface area (Å²) in [6.07, 6.45) is 4.31. The number of allylic oxidation sites excluding steroid dienone is 1. The lowest BCUT2D eigenvalue weighted by molar-refractivity contribution is 0.463. The Hall–Kier alpha value is -1.17. The number of hydrogen-bond acceptors (Lipinski definition) is 3. The van der Waals surface area contributed by atoms with E-state index < -0.39 is 10.0 Å². The maximum atomic E-state index is 12.3. The van der Waals surface area contributed by atoms with Crippen molar-refractivity contribution in [2.24, 2.45) is 0 Å². The van der Waals surface area contributed by atoms with Crippen molar-refractivity contribution in [1.29, 1.82) is 0 Å². The van der Waals surface area contributed by atoms with E-state index in [1.807, 2.05) is 19.2 Å². The Morgan fingerprint density at radius 3 is 2.50 bits per heavy atom. The van der Waals surface area contributed by atoms with Gasteiger partial charge in [-0.05, 0) is 50.6 Å². The maximum absolute atomic E-state index is 12.3. The molecule has 112 valence electrons. The molecule has 1 N–H and O–H groups in total. The highest BCUT2D eigenvalue weighted by molar-refractivity contribution is 7.89. The average molecular weight is 296 g/mol. The quantitative estimate of drug-likeness (QED) is 0.560. The largest absolute Gasteiger partial charge is 0.319 e. The van der Waals surface area contributed by atoms with E-state index >= 15 is 0 Å². The van der Waals surface area contributed by atoms with Crippen LogP contribution < -0.4 is 5.32 Å². The zero-order valence-electron chi connectivity index (χ0n) is 12.3. The lowest BCUT2D eigenvalue weighted by atomic mass is 10.1. The second-order valence-electron chi connectivity index (χ2n) is 4.75. The number of unbranched alkanes of at least 4 members (excludes halogenated alkanes) is 1. The number of nitrogens with one attached hydrogen (secondary N) is 1. The van der Waals surface area contributed by atoms with Crippen LogP contribution in [0.4, 0.5) is 0 Å². The maximum Gasteiger partial charge on any atom is 0.242 e. The lowest BCUT2D eigenvalue weighted by Gasteiger charge is -2.17. The fourth-order valence-electron chi connectivity index (χ4n) is 1.86. The SMILES string of the molecule is C=CCCCN(C)S(=O)(=O)c1ccc(CCNC)cc1. The summed E-state index contributed by atoms with van der Waals surface area (Å²) in [6, 6.07) is 7.12. The van der Waals surface area contributed by atoms with Gasteiger partial charge in [-0.2, -0.15) is 0 Å². The Labute approximate surface area is 122 Å². The van der Waals surface area contributed by atoms with Crippen LogP contribution in [0, 0.1) is 0 Å². The lowest BCUT2D eigenvalue weighted by Crippen LogP contribution is -2.27. The van der Waals surface area contributed by atoms with Crippen LogP contribution in [0.25, 0.3) is 0 Å².